The van der Waals surface area contributed by atoms with Crippen LogP contribution in [-0.2, 0) is 0 Å². The Morgan fingerprint density at radius 1 is 1.23 bits per heavy atom. The normalized spacial score (nSPS) is 12.5. The fraction of sp³-hybridized carbons (Fsp3) is 0.208. The lowest BCUT2D eigenvalue weighted by molar-refractivity contribution is 0.442. The van der Waals surface area contributed by atoms with E-state index in [2.05, 4.69) is 36.3 Å². The van der Waals surface area contributed by atoms with Gasteiger partial charge in [0.15, 0.2) is 5.82 Å². The number of fused-ring (bicyclic) bond motifs is 1. The monoisotopic (exact) mass is 479 g/mol. The van der Waals surface area contributed by atoms with E-state index in [1.165, 1.54) is 6.33 Å². The zero-order valence-corrected chi connectivity index (χ0v) is 19.9. The number of nitrogens with one attached hydrogen (secondary N) is 1. The molecular formula is C24H26BrN5O. The quantitative estimate of drug-likeness (QED) is 0.230. The van der Waals surface area contributed by atoms with Gasteiger partial charge in [0.25, 0.3) is 0 Å². The number of ether oxygens (including phenoxy) is 1. The Bertz CT molecular complexity index is 1200. The number of benzene rings is 1. The van der Waals surface area contributed by atoms with Gasteiger partial charge in [-0.05, 0) is 86.5 Å². The van der Waals surface area contributed by atoms with Gasteiger partial charge in [0.05, 0.1) is 0 Å². The number of allylic oxidation sites excluding steroid dienone is 4. The molecule has 2 aromatic heterocycles. The zero-order valence-electron chi connectivity index (χ0n) is 18.3. The number of rotatable bonds is 7. The Morgan fingerprint density at radius 3 is 2.74 bits per heavy atom. The highest BCUT2D eigenvalue weighted by Crippen LogP contribution is 2.29. The van der Waals surface area contributed by atoms with Gasteiger partial charge in [-0.2, -0.15) is 5.10 Å². The molecule has 0 bridgehead atoms. The molecule has 160 valence electrons. The summed E-state index contributed by atoms with van der Waals surface area (Å²) in [6.07, 6.45) is 11.0. The van der Waals surface area contributed by atoms with E-state index in [9.17, 15) is 0 Å². The summed E-state index contributed by atoms with van der Waals surface area (Å²) in [5, 5.41) is 7.59. The predicted octanol–water partition coefficient (Wildman–Crippen LogP) is 6.77. The summed E-state index contributed by atoms with van der Waals surface area (Å²) < 4.78 is 8.86. The Morgan fingerprint density at radius 2 is 2.03 bits per heavy atom. The van der Waals surface area contributed by atoms with Gasteiger partial charge in [-0.1, -0.05) is 11.6 Å². The summed E-state index contributed by atoms with van der Waals surface area (Å²) in [6, 6.07) is 7.88. The van der Waals surface area contributed by atoms with Crippen LogP contribution >= 0.6 is 15.9 Å². The molecule has 2 heterocycles. The smallest absolute Gasteiger partial charge is 0.159 e. The SMILES string of the molecule is C/C=C\C(=C/C(C)=NC=C(C)C)Oc1ccc(Nc2ncnn3ccc(Br)c23)cc1C. The van der Waals surface area contributed by atoms with Crippen LogP contribution in [0.1, 0.15) is 33.3 Å². The van der Waals surface area contributed by atoms with Crippen molar-refractivity contribution in [3.63, 3.8) is 0 Å². The lowest BCUT2D eigenvalue weighted by Gasteiger charge is -2.13. The summed E-state index contributed by atoms with van der Waals surface area (Å²) in [5.74, 6) is 2.23. The van der Waals surface area contributed by atoms with Gasteiger partial charge in [-0.3, -0.25) is 4.99 Å². The molecule has 3 aromatic rings. The third-order valence-corrected chi connectivity index (χ3v) is 4.92. The zero-order chi connectivity index (χ0) is 22.4. The van der Waals surface area contributed by atoms with Crippen molar-refractivity contribution < 1.29 is 4.74 Å². The summed E-state index contributed by atoms with van der Waals surface area (Å²) in [6.45, 7) is 9.96. The second-order valence-electron chi connectivity index (χ2n) is 7.30. The molecule has 31 heavy (non-hydrogen) atoms. The largest absolute Gasteiger partial charge is 0.457 e. The molecule has 0 aliphatic carbocycles. The molecule has 0 atom stereocenters. The van der Waals surface area contributed by atoms with Crippen molar-refractivity contribution in [3.05, 3.63) is 82.6 Å². The van der Waals surface area contributed by atoms with Crippen LogP contribution in [0, 0.1) is 6.92 Å². The lowest BCUT2D eigenvalue weighted by atomic mass is 10.2. The van der Waals surface area contributed by atoms with Crippen LogP contribution in [0.4, 0.5) is 11.5 Å². The third-order valence-electron chi connectivity index (χ3n) is 4.28. The number of anilines is 2. The highest BCUT2D eigenvalue weighted by molar-refractivity contribution is 9.10. The van der Waals surface area contributed by atoms with E-state index < -0.39 is 0 Å². The van der Waals surface area contributed by atoms with Crippen LogP contribution in [0.2, 0.25) is 0 Å². The summed E-state index contributed by atoms with van der Waals surface area (Å²) >= 11 is 3.55. The Labute approximate surface area is 191 Å². The molecule has 0 fully saturated rings. The van der Waals surface area contributed by atoms with Crippen molar-refractivity contribution in [2.45, 2.75) is 34.6 Å². The first-order valence-electron chi connectivity index (χ1n) is 9.93. The maximum atomic E-state index is 6.15. The van der Waals surface area contributed by atoms with Crippen molar-refractivity contribution in [1.29, 1.82) is 0 Å². The third kappa shape index (κ3) is 5.92. The number of halogens is 1. The number of aromatic nitrogens is 3. The van der Waals surface area contributed by atoms with Crippen molar-refractivity contribution in [1.82, 2.24) is 14.6 Å². The van der Waals surface area contributed by atoms with Crippen molar-refractivity contribution in [2.75, 3.05) is 5.32 Å². The highest BCUT2D eigenvalue weighted by atomic mass is 79.9. The molecule has 1 N–H and O–H groups in total. The number of hydrogen-bond acceptors (Lipinski definition) is 5. The lowest BCUT2D eigenvalue weighted by Crippen LogP contribution is -2.01. The first-order chi connectivity index (χ1) is 14.9. The molecule has 0 spiro atoms. The number of nitrogens with zero attached hydrogens (tertiary/aromatic N) is 4. The van der Waals surface area contributed by atoms with Crippen LogP contribution in [0.25, 0.3) is 5.52 Å². The van der Waals surface area contributed by atoms with E-state index in [-0.39, 0.29) is 0 Å². The van der Waals surface area contributed by atoms with Crippen molar-refractivity contribution in [2.24, 2.45) is 4.99 Å². The number of aliphatic imine (C=N–C) groups is 1. The molecule has 0 amide bonds. The molecule has 0 aliphatic rings. The van der Waals surface area contributed by atoms with Crippen molar-refractivity contribution >= 4 is 38.7 Å². The highest BCUT2D eigenvalue weighted by Gasteiger charge is 2.10. The van der Waals surface area contributed by atoms with Crippen LogP contribution in [-0.4, -0.2) is 20.3 Å². The molecule has 0 saturated carbocycles. The fourth-order valence-electron chi connectivity index (χ4n) is 2.86. The molecular weight excluding hydrogens is 454 g/mol. The molecule has 0 unspecified atom stereocenters. The minimum Gasteiger partial charge on any atom is -0.457 e. The Kier molecular flexibility index (Phi) is 7.41. The first kappa shape index (κ1) is 22.5. The molecule has 6 nitrogen and oxygen atoms in total. The Balaban J connectivity index is 1.83. The van der Waals surface area contributed by atoms with Gasteiger partial charge in [-0.15, -0.1) is 0 Å². The average Bonchev–Trinajstić information content (AvgIpc) is 3.10. The molecule has 0 saturated heterocycles. The first-order valence-corrected chi connectivity index (χ1v) is 10.7. The van der Waals surface area contributed by atoms with E-state index in [0.29, 0.717) is 0 Å². The van der Waals surface area contributed by atoms with Crippen LogP contribution in [0.3, 0.4) is 0 Å². The van der Waals surface area contributed by atoms with Crippen molar-refractivity contribution in [3.8, 4) is 5.75 Å². The minimum atomic E-state index is 0.723. The fourth-order valence-corrected chi connectivity index (χ4v) is 3.35. The maximum absolute atomic E-state index is 6.15. The number of aryl methyl sites for hydroxylation is 1. The van der Waals surface area contributed by atoms with Gasteiger partial charge in [0.1, 0.15) is 23.4 Å². The van der Waals surface area contributed by atoms with Gasteiger partial charge in [0.2, 0.25) is 0 Å². The van der Waals surface area contributed by atoms with E-state index in [1.807, 2.05) is 89.5 Å². The second kappa shape index (κ2) is 10.2. The number of hydrogen-bond donors (Lipinski definition) is 1. The van der Waals surface area contributed by atoms with Gasteiger partial charge in [-0.25, -0.2) is 9.50 Å². The molecule has 1 aromatic carbocycles. The van der Waals surface area contributed by atoms with Gasteiger partial charge < -0.3 is 10.1 Å². The minimum absolute atomic E-state index is 0.723. The molecule has 7 heteroatoms. The predicted molar refractivity (Wildman–Crippen MR) is 131 cm³/mol. The summed E-state index contributed by atoms with van der Waals surface area (Å²) in [4.78, 5) is 8.82. The van der Waals surface area contributed by atoms with Gasteiger partial charge in [0, 0.05) is 34.3 Å². The van der Waals surface area contributed by atoms with E-state index >= 15 is 0 Å². The topological polar surface area (TPSA) is 63.8 Å². The second-order valence-corrected chi connectivity index (χ2v) is 8.15. The maximum Gasteiger partial charge on any atom is 0.159 e. The van der Waals surface area contributed by atoms with Gasteiger partial charge >= 0.3 is 0 Å². The molecule has 0 radical (unpaired) electrons. The van der Waals surface area contributed by atoms with Crippen LogP contribution < -0.4 is 10.1 Å². The summed E-state index contributed by atoms with van der Waals surface area (Å²) in [5.41, 5.74) is 4.81. The van der Waals surface area contributed by atoms with Crippen LogP contribution in [0.5, 0.6) is 5.75 Å². The van der Waals surface area contributed by atoms with E-state index in [0.717, 1.165) is 49.9 Å². The standard InChI is InChI=1S/C24H26BrN5O/c1-6-7-20(13-18(5)26-14-16(2)3)31-22-9-8-19(12-17(22)4)29-24-23-21(25)10-11-30(23)28-15-27-24/h6-15H,1-5H3,(H,27,28,29)/b7-6-,20-13+,26-18?. The molecule has 0 aliphatic heterocycles. The van der Waals surface area contributed by atoms with E-state index in [4.69, 9.17) is 4.74 Å². The molecule has 3 rings (SSSR count). The van der Waals surface area contributed by atoms with Crippen LogP contribution in [0.15, 0.2) is 82.0 Å². The average molecular weight is 480 g/mol. The summed E-state index contributed by atoms with van der Waals surface area (Å²) in [7, 11) is 0. The Hall–Kier alpha value is -3.19. The van der Waals surface area contributed by atoms with E-state index in [1.54, 1.807) is 4.52 Å².